The highest BCUT2D eigenvalue weighted by molar-refractivity contribution is 5.83. The number of aliphatic hydroxyl groups is 3. The van der Waals surface area contributed by atoms with E-state index in [0.29, 0.717) is 38.5 Å². The minimum atomic E-state index is -1.46. The minimum Gasteiger partial charge on any atom is -0.468 e. The van der Waals surface area contributed by atoms with Crippen molar-refractivity contribution in [3.63, 3.8) is 0 Å². The molecule has 3 N–H and O–H groups in total. The third-order valence-corrected chi connectivity index (χ3v) is 12.7. The Morgan fingerprint density at radius 1 is 1.15 bits per heavy atom. The lowest BCUT2D eigenvalue weighted by Crippen LogP contribution is -2.80. The second kappa shape index (κ2) is 9.38. The van der Waals surface area contributed by atoms with Crippen molar-refractivity contribution in [3.8, 4) is 0 Å². The molecule has 0 unspecified atom stereocenters. The number of hydrogen-bond acceptors (Lipinski definition) is 9. The van der Waals surface area contributed by atoms with E-state index in [0.717, 1.165) is 5.57 Å². The molecule has 228 valence electrons. The van der Waals surface area contributed by atoms with Gasteiger partial charge in [0, 0.05) is 24.3 Å². The highest BCUT2D eigenvalue weighted by Gasteiger charge is 2.82. The normalized spacial score (nSPS) is 49.5. The van der Waals surface area contributed by atoms with Gasteiger partial charge in [-0.2, -0.15) is 0 Å². The first-order valence-corrected chi connectivity index (χ1v) is 14.9. The van der Waals surface area contributed by atoms with E-state index in [4.69, 9.17) is 14.2 Å². The van der Waals surface area contributed by atoms with E-state index >= 15 is 0 Å². The summed E-state index contributed by atoms with van der Waals surface area (Å²) in [6.45, 7) is 10.6. The smallest absolute Gasteiger partial charge is 0.330 e. The predicted molar refractivity (Wildman–Crippen MR) is 148 cm³/mol. The maximum absolute atomic E-state index is 14.3. The summed E-state index contributed by atoms with van der Waals surface area (Å²) in [5.74, 6) is -2.86. The molecule has 5 rings (SSSR count). The van der Waals surface area contributed by atoms with Gasteiger partial charge in [0.15, 0.2) is 0 Å². The van der Waals surface area contributed by atoms with Crippen molar-refractivity contribution in [3.05, 3.63) is 23.8 Å². The molecule has 9 heteroatoms. The molecule has 3 saturated carbocycles. The van der Waals surface area contributed by atoms with Crippen LogP contribution < -0.4 is 0 Å². The molecule has 0 aromatic rings. The molecule has 0 amide bonds. The average molecular weight is 575 g/mol. The zero-order valence-electron chi connectivity index (χ0n) is 25.4. The van der Waals surface area contributed by atoms with E-state index in [1.165, 1.54) is 20.1 Å². The number of cyclic esters (lactones) is 1. The number of fused-ring (bicyclic) bond motifs is 7. The molecule has 9 nitrogen and oxygen atoms in total. The molecule has 0 aromatic carbocycles. The first-order valence-electron chi connectivity index (χ1n) is 14.9. The number of ether oxygens (including phenoxy) is 3. The minimum absolute atomic E-state index is 0.257. The van der Waals surface area contributed by atoms with Crippen LogP contribution in [0.25, 0.3) is 0 Å². The van der Waals surface area contributed by atoms with E-state index in [1.54, 1.807) is 13.0 Å². The summed E-state index contributed by atoms with van der Waals surface area (Å²) in [7, 11) is 1.35. The van der Waals surface area contributed by atoms with Crippen molar-refractivity contribution in [2.75, 3.05) is 13.7 Å². The van der Waals surface area contributed by atoms with Crippen molar-refractivity contribution in [1.82, 2.24) is 0 Å². The number of esters is 3. The molecule has 0 aromatic heterocycles. The molecule has 0 saturated heterocycles. The van der Waals surface area contributed by atoms with Crippen LogP contribution >= 0.6 is 0 Å². The van der Waals surface area contributed by atoms with Crippen LogP contribution in [-0.2, 0) is 28.6 Å². The van der Waals surface area contributed by atoms with Gasteiger partial charge >= 0.3 is 17.9 Å². The maximum atomic E-state index is 14.3. The molecule has 0 radical (unpaired) electrons. The van der Waals surface area contributed by atoms with Crippen LogP contribution in [0.3, 0.4) is 0 Å². The fourth-order valence-electron chi connectivity index (χ4n) is 10.7. The van der Waals surface area contributed by atoms with Gasteiger partial charge in [-0.1, -0.05) is 38.5 Å². The van der Waals surface area contributed by atoms with Crippen LogP contribution in [0, 0.1) is 38.9 Å². The standard InChI is InChI=1S/C32H46O9/c1-18-10-11-27(4)12-14-29(6)24-23(41-20(3)34)25(36)30(19(2)33)17-40-22(35)9-8-21(30)28(24,5)13-15-31(29,26(37)39-7)32(27,38)16-18/h8-10,19,21,23-25,33,36,38H,11-17H2,1-7H3/t19-,21+,23+,24+,25+,27-,28+,29-,30-,31-,32+/m1/s1. The summed E-state index contributed by atoms with van der Waals surface area (Å²) in [5.41, 5.74) is -5.54. The van der Waals surface area contributed by atoms with Crippen LogP contribution in [0.15, 0.2) is 23.8 Å². The third-order valence-electron chi connectivity index (χ3n) is 12.7. The molecule has 3 fully saturated rings. The molecular formula is C32H46O9. The van der Waals surface area contributed by atoms with Crippen molar-refractivity contribution in [1.29, 1.82) is 0 Å². The second-order valence-electron chi connectivity index (χ2n) is 14.4. The Morgan fingerprint density at radius 2 is 1.83 bits per heavy atom. The SMILES string of the molecule is COC(=O)[C@]12CC[C@@]3(C)[C@@H]4C=CC(=O)OC[C@]4([C@@H](C)O)[C@@H](O)[C@@H](OC(C)=O)[C@@H]3[C@@]1(C)CC[C@@]1(C)CC=C(C)C[C@]12O. The number of allylic oxidation sites excluding steroid dienone is 2. The van der Waals surface area contributed by atoms with Gasteiger partial charge in [-0.15, -0.1) is 0 Å². The number of rotatable bonds is 3. The summed E-state index contributed by atoms with van der Waals surface area (Å²) in [4.78, 5) is 39.5. The Morgan fingerprint density at radius 3 is 2.44 bits per heavy atom. The van der Waals surface area contributed by atoms with Gasteiger partial charge in [0.2, 0.25) is 0 Å². The van der Waals surface area contributed by atoms with Crippen LogP contribution in [0.1, 0.15) is 80.1 Å². The third kappa shape index (κ3) is 3.54. The topological polar surface area (TPSA) is 140 Å². The fraction of sp³-hybridized carbons (Fsp3) is 0.781. The molecule has 0 spiro atoms. The Balaban J connectivity index is 1.81. The predicted octanol–water partition coefficient (Wildman–Crippen LogP) is 3.24. The molecule has 1 aliphatic heterocycles. The molecule has 11 atom stereocenters. The van der Waals surface area contributed by atoms with E-state index < -0.39 is 80.7 Å². The van der Waals surface area contributed by atoms with Crippen molar-refractivity contribution < 1.29 is 43.9 Å². The van der Waals surface area contributed by atoms with Crippen molar-refractivity contribution in [2.24, 2.45) is 38.9 Å². The number of hydrogen-bond donors (Lipinski definition) is 3. The molecular weight excluding hydrogens is 528 g/mol. The number of carbonyl (C=O) groups is 3. The van der Waals surface area contributed by atoms with Crippen LogP contribution in [0.4, 0.5) is 0 Å². The zero-order valence-corrected chi connectivity index (χ0v) is 25.4. The van der Waals surface area contributed by atoms with Gasteiger partial charge in [0.1, 0.15) is 24.2 Å². The maximum Gasteiger partial charge on any atom is 0.330 e. The van der Waals surface area contributed by atoms with E-state index in [9.17, 15) is 29.7 Å². The van der Waals surface area contributed by atoms with Gasteiger partial charge in [-0.05, 0) is 69.1 Å². The van der Waals surface area contributed by atoms with E-state index in [2.05, 4.69) is 6.08 Å². The summed E-state index contributed by atoms with van der Waals surface area (Å²) in [6, 6.07) is 0. The first kappa shape index (κ1) is 30.2. The van der Waals surface area contributed by atoms with Gasteiger partial charge < -0.3 is 29.5 Å². The number of aliphatic hydroxyl groups excluding tert-OH is 2. The van der Waals surface area contributed by atoms with Gasteiger partial charge in [0.25, 0.3) is 0 Å². The lowest BCUT2D eigenvalue weighted by Gasteiger charge is -2.75. The molecule has 0 bridgehead atoms. The highest BCUT2D eigenvalue weighted by Crippen LogP contribution is 2.78. The molecule has 4 aliphatic carbocycles. The van der Waals surface area contributed by atoms with Crippen LogP contribution in [0.5, 0.6) is 0 Å². The highest BCUT2D eigenvalue weighted by atomic mass is 16.6. The fourth-order valence-corrected chi connectivity index (χ4v) is 10.7. The van der Waals surface area contributed by atoms with Crippen molar-refractivity contribution >= 4 is 17.9 Å². The quantitative estimate of drug-likeness (QED) is 0.263. The summed E-state index contributed by atoms with van der Waals surface area (Å²) >= 11 is 0. The van der Waals surface area contributed by atoms with Crippen molar-refractivity contribution in [2.45, 2.75) is 104 Å². The van der Waals surface area contributed by atoms with Gasteiger partial charge in [0.05, 0.1) is 24.2 Å². The lowest BCUT2D eigenvalue weighted by molar-refractivity contribution is -0.335. The largest absolute Gasteiger partial charge is 0.468 e. The summed E-state index contributed by atoms with van der Waals surface area (Å²) in [5, 5.41) is 36.5. The number of carbonyl (C=O) groups excluding carboxylic acids is 3. The summed E-state index contributed by atoms with van der Waals surface area (Å²) in [6.07, 6.45) is 4.28. The zero-order chi connectivity index (χ0) is 30.4. The second-order valence-corrected chi connectivity index (χ2v) is 14.4. The Hall–Kier alpha value is -2.23. The Labute approximate surface area is 242 Å². The Bertz CT molecular complexity index is 1210. The Kier molecular flexibility index (Phi) is 6.92. The van der Waals surface area contributed by atoms with Crippen LogP contribution in [0.2, 0.25) is 0 Å². The van der Waals surface area contributed by atoms with E-state index in [1.807, 2.05) is 27.7 Å². The molecule has 1 heterocycles. The summed E-state index contributed by atoms with van der Waals surface area (Å²) < 4.78 is 17.1. The van der Waals surface area contributed by atoms with Gasteiger partial charge in [-0.3, -0.25) is 9.59 Å². The lowest BCUT2D eigenvalue weighted by atomic mass is 9.29. The van der Waals surface area contributed by atoms with E-state index in [-0.39, 0.29) is 6.61 Å². The monoisotopic (exact) mass is 574 g/mol. The molecule has 41 heavy (non-hydrogen) atoms. The van der Waals surface area contributed by atoms with Gasteiger partial charge in [-0.25, -0.2) is 4.79 Å². The molecule has 5 aliphatic rings. The first-order chi connectivity index (χ1) is 19.0. The number of methoxy groups -OCH3 is 1. The van der Waals surface area contributed by atoms with Crippen LogP contribution in [-0.4, -0.2) is 70.9 Å². The average Bonchev–Trinajstić information content (AvgIpc) is 3.08.